The van der Waals surface area contributed by atoms with Crippen LogP contribution in [0, 0.1) is 0 Å². The van der Waals surface area contributed by atoms with Gasteiger partial charge in [-0.05, 0) is 19.3 Å². The van der Waals surface area contributed by atoms with Gasteiger partial charge in [0.05, 0.1) is 32.0 Å². The van der Waals surface area contributed by atoms with E-state index >= 15 is 0 Å². The van der Waals surface area contributed by atoms with Gasteiger partial charge in [0.15, 0.2) is 12.6 Å². The Morgan fingerprint density at radius 2 is 0.738 bits per heavy atom. The Labute approximate surface area is 514 Å². The highest BCUT2D eigenvalue weighted by Gasteiger charge is 2.51. The Hall–Kier alpha value is -1.27. The first-order valence-corrected chi connectivity index (χ1v) is 35.9. The van der Waals surface area contributed by atoms with Crippen molar-refractivity contribution in [2.24, 2.45) is 0 Å². The molecule has 2 aliphatic heterocycles. The number of hydrogen-bond donors (Lipinski definition) is 9. The molecule has 12 atom stereocenters. The summed E-state index contributed by atoms with van der Waals surface area (Å²) in [7, 11) is 0. The lowest BCUT2D eigenvalue weighted by atomic mass is 9.97. The van der Waals surface area contributed by atoms with E-state index in [1.807, 2.05) is 6.08 Å². The zero-order valence-corrected chi connectivity index (χ0v) is 54.2. The second-order valence-electron chi connectivity index (χ2n) is 25.7. The summed E-state index contributed by atoms with van der Waals surface area (Å²) < 4.78 is 22.8. The van der Waals surface area contributed by atoms with E-state index in [1.165, 1.54) is 270 Å². The van der Waals surface area contributed by atoms with Crippen LogP contribution in [0.5, 0.6) is 0 Å². The van der Waals surface area contributed by atoms with Crippen LogP contribution in [0.25, 0.3) is 0 Å². The molecule has 0 aromatic rings. The number of nitrogens with one attached hydrogen (secondary N) is 1. The van der Waals surface area contributed by atoms with Gasteiger partial charge in [-0.3, -0.25) is 4.79 Å². The SMILES string of the molecule is CCCCCCCCCCCCCCCC/C=C/[C@@H](O)[C@H](CO[C@@H]1O[C@H](CO)[C@@H](O[C@@H]2O[C@H](CO)[C@H](O)C(O)C2O)C(O)C1O)NC(=O)CCCCCCCCCCCCCCCCCCCCCCCCCCCCCCCCCCCC. The minimum absolute atomic E-state index is 0.231. The molecule has 0 aliphatic carbocycles. The minimum atomic E-state index is -1.79. The molecule has 0 radical (unpaired) electrons. The molecule has 2 heterocycles. The maximum atomic E-state index is 13.3. The van der Waals surface area contributed by atoms with E-state index in [0.717, 1.165) is 38.5 Å². The lowest BCUT2D eigenvalue weighted by molar-refractivity contribution is -0.359. The fraction of sp³-hybridized carbons (Fsp3) is 0.957. The van der Waals surface area contributed by atoms with Gasteiger partial charge in [-0.2, -0.15) is 0 Å². The lowest BCUT2D eigenvalue weighted by Crippen LogP contribution is -2.65. The van der Waals surface area contributed by atoms with Gasteiger partial charge in [0.1, 0.15) is 48.8 Å². The molecule has 0 saturated carbocycles. The van der Waals surface area contributed by atoms with Crippen molar-refractivity contribution in [2.45, 2.75) is 408 Å². The summed E-state index contributed by atoms with van der Waals surface area (Å²) in [6.45, 7) is 2.85. The molecule has 2 fully saturated rings. The summed E-state index contributed by atoms with van der Waals surface area (Å²) in [6.07, 6.45) is 51.5. The van der Waals surface area contributed by atoms with Gasteiger partial charge >= 0.3 is 0 Å². The van der Waals surface area contributed by atoms with E-state index in [0.29, 0.717) is 6.42 Å². The van der Waals surface area contributed by atoms with E-state index in [-0.39, 0.29) is 18.9 Å². The number of allylic oxidation sites excluding steroid dienone is 1. The molecule has 14 nitrogen and oxygen atoms in total. The van der Waals surface area contributed by atoms with Gasteiger partial charge in [-0.25, -0.2) is 0 Å². The molecule has 2 saturated heterocycles. The van der Waals surface area contributed by atoms with Crippen molar-refractivity contribution in [3.8, 4) is 0 Å². The molecule has 0 aromatic carbocycles. The standard InChI is InChI=1S/C70H135NO13/c1-3-5-7-9-11-13-15-17-19-21-22-23-24-25-26-27-28-29-30-31-32-33-34-35-36-37-38-40-42-44-46-48-50-52-54-62(75)71-58(59(74)53-51-49-47-45-43-41-39-20-18-16-14-12-10-8-6-4-2)57-81-69-67(80)65(78)68(61(56-73)83-69)84-70-66(79)64(77)63(76)60(55-72)82-70/h51,53,58-61,63-70,72-74,76-80H,3-50,52,54-57H2,1-2H3,(H,71,75)/b53-51+/t58-,59+,60+,61+,63-,64?,65?,66?,67?,68+,69+,70-/m0/s1. The zero-order valence-electron chi connectivity index (χ0n) is 54.2. The summed E-state index contributed by atoms with van der Waals surface area (Å²) >= 11 is 0. The number of aliphatic hydroxyl groups is 8. The van der Waals surface area contributed by atoms with Crippen molar-refractivity contribution < 1.29 is 64.6 Å². The number of carbonyl (C=O) groups is 1. The quantitative estimate of drug-likeness (QED) is 0.0204. The summed E-state index contributed by atoms with van der Waals surface area (Å²) in [5.74, 6) is -0.231. The maximum absolute atomic E-state index is 13.3. The van der Waals surface area contributed by atoms with Crippen LogP contribution in [0.15, 0.2) is 12.2 Å². The average molecular weight is 1200 g/mol. The van der Waals surface area contributed by atoms with Crippen LogP contribution in [0.1, 0.15) is 335 Å². The van der Waals surface area contributed by atoms with Gasteiger partial charge in [0, 0.05) is 6.42 Å². The van der Waals surface area contributed by atoms with Crippen LogP contribution in [-0.4, -0.2) is 140 Å². The Bertz CT molecular complexity index is 1460. The van der Waals surface area contributed by atoms with Crippen LogP contribution < -0.4 is 5.32 Å². The third-order valence-electron chi connectivity index (χ3n) is 18.0. The van der Waals surface area contributed by atoms with Gasteiger partial charge in [0.25, 0.3) is 0 Å². The second-order valence-corrected chi connectivity index (χ2v) is 25.7. The molecule has 9 N–H and O–H groups in total. The largest absolute Gasteiger partial charge is 0.394 e. The van der Waals surface area contributed by atoms with Crippen molar-refractivity contribution in [1.29, 1.82) is 0 Å². The summed E-state index contributed by atoms with van der Waals surface area (Å²) in [5.41, 5.74) is 0. The van der Waals surface area contributed by atoms with E-state index in [2.05, 4.69) is 19.2 Å². The zero-order chi connectivity index (χ0) is 60.9. The molecular formula is C70H135NO13. The van der Waals surface area contributed by atoms with E-state index in [4.69, 9.17) is 18.9 Å². The Kier molecular flexibility index (Phi) is 52.3. The third kappa shape index (κ3) is 39.7. The first-order valence-electron chi connectivity index (χ1n) is 35.9. The van der Waals surface area contributed by atoms with Gasteiger partial charge < -0.3 is 65.1 Å². The van der Waals surface area contributed by atoms with Crippen LogP contribution in [-0.2, 0) is 23.7 Å². The lowest BCUT2D eigenvalue weighted by Gasteiger charge is -2.46. The van der Waals surface area contributed by atoms with Crippen molar-refractivity contribution in [3.05, 3.63) is 12.2 Å². The first-order chi connectivity index (χ1) is 41.1. The first kappa shape index (κ1) is 78.8. The number of aliphatic hydroxyl groups excluding tert-OH is 8. The molecule has 2 aliphatic rings. The van der Waals surface area contributed by atoms with Crippen molar-refractivity contribution in [2.75, 3.05) is 19.8 Å². The van der Waals surface area contributed by atoms with Crippen LogP contribution >= 0.6 is 0 Å². The van der Waals surface area contributed by atoms with Crippen LogP contribution in [0.2, 0.25) is 0 Å². The highest BCUT2D eigenvalue weighted by atomic mass is 16.7. The fourth-order valence-corrected chi connectivity index (χ4v) is 12.2. The normalized spacial score (nSPS) is 23.6. The molecule has 84 heavy (non-hydrogen) atoms. The molecule has 1 amide bonds. The molecule has 0 aromatic heterocycles. The molecule has 0 spiro atoms. The predicted molar refractivity (Wildman–Crippen MR) is 342 cm³/mol. The fourth-order valence-electron chi connectivity index (χ4n) is 12.2. The van der Waals surface area contributed by atoms with E-state index < -0.39 is 86.8 Å². The number of amides is 1. The molecule has 0 bridgehead atoms. The maximum Gasteiger partial charge on any atom is 0.220 e. The Morgan fingerprint density at radius 1 is 0.417 bits per heavy atom. The third-order valence-corrected chi connectivity index (χ3v) is 18.0. The monoisotopic (exact) mass is 1200 g/mol. The van der Waals surface area contributed by atoms with Gasteiger partial charge in [-0.1, -0.05) is 321 Å². The number of hydrogen-bond acceptors (Lipinski definition) is 13. The number of ether oxygens (including phenoxy) is 4. The number of unbranched alkanes of at least 4 members (excludes halogenated alkanes) is 47. The predicted octanol–water partition coefficient (Wildman–Crippen LogP) is 14.6. The summed E-state index contributed by atoms with van der Waals surface area (Å²) in [6, 6.07) is -0.910. The topological polar surface area (TPSA) is 228 Å². The van der Waals surface area contributed by atoms with Crippen LogP contribution in [0.3, 0.4) is 0 Å². The van der Waals surface area contributed by atoms with Gasteiger partial charge in [0.2, 0.25) is 5.91 Å². The highest BCUT2D eigenvalue weighted by Crippen LogP contribution is 2.30. The smallest absolute Gasteiger partial charge is 0.220 e. The van der Waals surface area contributed by atoms with Gasteiger partial charge in [-0.15, -0.1) is 0 Å². The number of rotatable bonds is 60. The Balaban J connectivity index is 1.60. The van der Waals surface area contributed by atoms with E-state index in [9.17, 15) is 45.6 Å². The van der Waals surface area contributed by atoms with Crippen molar-refractivity contribution in [3.63, 3.8) is 0 Å². The van der Waals surface area contributed by atoms with Crippen molar-refractivity contribution in [1.82, 2.24) is 5.32 Å². The minimum Gasteiger partial charge on any atom is -0.394 e. The van der Waals surface area contributed by atoms with Crippen LogP contribution in [0.4, 0.5) is 0 Å². The molecule has 2 rings (SSSR count). The molecule has 498 valence electrons. The average Bonchev–Trinajstić information content (AvgIpc) is 3.69. The second kappa shape index (κ2) is 55.8. The van der Waals surface area contributed by atoms with Crippen molar-refractivity contribution >= 4 is 5.91 Å². The Morgan fingerprint density at radius 3 is 1.10 bits per heavy atom. The summed E-state index contributed by atoms with van der Waals surface area (Å²) in [4.78, 5) is 13.3. The highest BCUT2D eigenvalue weighted by molar-refractivity contribution is 5.76. The molecular weight excluding hydrogens is 1060 g/mol. The van der Waals surface area contributed by atoms with E-state index in [1.54, 1.807) is 6.08 Å². The molecule has 4 unspecified atom stereocenters. The number of carbonyl (C=O) groups excluding carboxylic acids is 1. The molecule has 14 heteroatoms. The summed E-state index contributed by atoms with van der Waals surface area (Å²) in [5, 5.41) is 87.3.